The van der Waals surface area contributed by atoms with E-state index in [2.05, 4.69) is 28.0 Å². The van der Waals surface area contributed by atoms with E-state index < -0.39 is 0 Å². The van der Waals surface area contributed by atoms with Crippen LogP contribution in [-0.4, -0.2) is 16.1 Å². The third kappa shape index (κ3) is 2.25. The molecule has 2 fully saturated rings. The normalized spacial score (nSPS) is 34.1. The first kappa shape index (κ1) is 11.3. The molecule has 1 aromatic heterocycles. The van der Waals surface area contributed by atoms with Crippen molar-refractivity contribution in [2.45, 2.75) is 57.5 Å². The van der Waals surface area contributed by atoms with Crippen LogP contribution in [0.5, 0.6) is 0 Å². The number of hydrogen-bond donors (Lipinski definition) is 1. The molecule has 1 aliphatic heterocycles. The van der Waals surface area contributed by atoms with Crippen molar-refractivity contribution in [1.82, 2.24) is 14.9 Å². The van der Waals surface area contributed by atoms with Gasteiger partial charge in [0.1, 0.15) is 0 Å². The van der Waals surface area contributed by atoms with Crippen LogP contribution in [0.4, 0.5) is 0 Å². The van der Waals surface area contributed by atoms with Crippen molar-refractivity contribution in [3.63, 3.8) is 0 Å². The fraction of sp³-hybridized carbons (Fsp3) is 0.786. The van der Waals surface area contributed by atoms with Gasteiger partial charge in [-0.2, -0.15) is 0 Å². The van der Waals surface area contributed by atoms with Gasteiger partial charge in [0.2, 0.25) is 0 Å². The van der Waals surface area contributed by atoms with Crippen LogP contribution in [-0.2, 0) is 0 Å². The van der Waals surface area contributed by atoms with E-state index in [1.165, 1.54) is 44.2 Å². The lowest BCUT2D eigenvalue weighted by atomic mass is 10.0. The average molecular weight is 233 g/mol. The highest BCUT2D eigenvalue weighted by atomic mass is 15.1. The summed E-state index contributed by atoms with van der Waals surface area (Å²) in [5.41, 5.74) is 1.42. The number of nitrogens with one attached hydrogen (secondary N) is 1. The highest BCUT2D eigenvalue weighted by molar-refractivity contribution is 5.08. The summed E-state index contributed by atoms with van der Waals surface area (Å²) >= 11 is 0. The van der Waals surface area contributed by atoms with Crippen molar-refractivity contribution < 1.29 is 0 Å². The van der Waals surface area contributed by atoms with Crippen LogP contribution < -0.4 is 5.32 Å². The maximum atomic E-state index is 4.39. The van der Waals surface area contributed by atoms with Gasteiger partial charge in [-0.25, -0.2) is 4.98 Å². The summed E-state index contributed by atoms with van der Waals surface area (Å²) in [5, 5.41) is 3.64. The summed E-state index contributed by atoms with van der Waals surface area (Å²) in [6.45, 7) is 3.53. The van der Waals surface area contributed by atoms with E-state index in [9.17, 15) is 0 Å². The van der Waals surface area contributed by atoms with E-state index in [1.54, 1.807) is 0 Å². The molecule has 1 saturated heterocycles. The summed E-state index contributed by atoms with van der Waals surface area (Å²) < 4.78 is 2.45. The number of nitrogens with zero attached hydrogens (tertiary/aromatic N) is 2. The maximum absolute atomic E-state index is 4.39. The molecule has 2 aliphatic rings. The third-order valence-electron chi connectivity index (χ3n) is 4.42. The van der Waals surface area contributed by atoms with Crippen molar-refractivity contribution in [2.75, 3.05) is 6.54 Å². The van der Waals surface area contributed by atoms with Crippen LogP contribution in [0.25, 0.3) is 0 Å². The summed E-state index contributed by atoms with van der Waals surface area (Å²) in [4.78, 5) is 4.39. The van der Waals surface area contributed by atoms with E-state index >= 15 is 0 Å². The minimum absolute atomic E-state index is 0.544. The average Bonchev–Trinajstić information content (AvgIpc) is 2.98. The first-order chi connectivity index (χ1) is 8.34. The third-order valence-corrected chi connectivity index (χ3v) is 4.42. The molecule has 0 spiro atoms. The van der Waals surface area contributed by atoms with E-state index in [0.717, 1.165) is 12.5 Å². The molecule has 3 heteroatoms. The summed E-state index contributed by atoms with van der Waals surface area (Å²) in [5.74, 6) is 0.884. The van der Waals surface area contributed by atoms with Gasteiger partial charge in [0, 0.05) is 18.3 Å². The zero-order valence-corrected chi connectivity index (χ0v) is 10.7. The van der Waals surface area contributed by atoms with E-state index in [1.807, 2.05) is 6.33 Å². The van der Waals surface area contributed by atoms with E-state index in [0.29, 0.717) is 12.1 Å². The topological polar surface area (TPSA) is 29.9 Å². The van der Waals surface area contributed by atoms with Crippen LogP contribution in [0.2, 0.25) is 0 Å². The molecule has 0 aromatic carbocycles. The smallest absolute Gasteiger partial charge is 0.0951 e. The van der Waals surface area contributed by atoms with Gasteiger partial charge in [0.15, 0.2) is 0 Å². The second kappa shape index (κ2) is 4.81. The predicted molar refractivity (Wildman–Crippen MR) is 68.9 cm³/mol. The van der Waals surface area contributed by atoms with Gasteiger partial charge in [0.25, 0.3) is 0 Å². The second-order valence-corrected chi connectivity index (χ2v) is 5.80. The Labute approximate surface area is 104 Å². The molecule has 2 heterocycles. The number of imidazole rings is 1. The fourth-order valence-electron chi connectivity index (χ4n) is 3.42. The van der Waals surface area contributed by atoms with Gasteiger partial charge in [0.05, 0.1) is 12.0 Å². The lowest BCUT2D eigenvalue weighted by molar-refractivity contribution is 0.376. The van der Waals surface area contributed by atoms with Gasteiger partial charge in [-0.3, -0.25) is 0 Å². The SMILES string of the molecule is CC1CCC(n2cncc2C2CCCCN2)C1. The molecule has 1 aromatic rings. The van der Waals surface area contributed by atoms with Crippen LogP contribution in [0.15, 0.2) is 12.5 Å². The summed E-state index contributed by atoms with van der Waals surface area (Å²) in [6.07, 6.45) is 12.1. The van der Waals surface area contributed by atoms with E-state index in [4.69, 9.17) is 0 Å². The molecule has 0 amide bonds. The number of hydrogen-bond acceptors (Lipinski definition) is 2. The van der Waals surface area contributed by atoms with Crippen molar-refractivity contribution in [1.29, 1.82) is 0 Å². The largest absolute Gasteiger partial charge is 0.330 e. The highest BCUT2D eigenvalue weighted by Crippen LogP contribution is 2.36. The number of aromatic nitrogens is 2. The van der Waals surface area contributed by atoms with Crippen molar-refractivity contribution in [2.24, 2.45) is 5.92 Å². The molecule has 1 N–H and O–H groups in total. The molecule has 1 aliphatic carbocycles. The summed E-state index contributed by atoms with van der Waals surface area (Å²) in [6, 6.07) is 1.24. The Morgan fingerprint density at radius 1 is 1.29 bits per heavy atom. The summed E-state index contributed by atoms with van der Waals surface area (Å²) in [7, 11) is 0. The quantitative estimate of drug-likeness (QED) is 0.851. The maximum Gasteiger partial charge on any atom is 0.0951 e. The molecular formula is C14H23N3. The predicted octanol–water partition coefficient (Wildman–Crippen LogP) is 3.06. The molecule has 1 saturated carbocycles. The fourth-order valence-corrected chi connectivity index (χ4v) is 3.42. The van der Waals surface area contributed by atoms with Crippen molar-refractivity contribution >= 4 is 0 Å². The van der Waals surface area contributed by atoms with E-state index in [-0.39, 0.29) is 0 Å². The first-order valence-electron chi connectivity index (χ1n) is 7.09. The lowest BCUT2D eigenvalue weighted by Gasteiger charge is -2.26. The standard InChI is InChI=1S/C14H23N3/c1-11-5-6-12(8-11)17-10-15-9-14(17)13-4-2-3-7-16-13/h9-13,16H,2-8H2,1H3. The van der Waals surface area contributed by atoms with Gasteiger partial charge < -0.3 is 9.88 Å². The van der Waals surface area contributed by atoms with Gasteiger partial charge >= 0.3 is 0 Å². The van der Waals surface area contributed by atoms with Gasteiger partial charge in [-0.1, -0.05) is 13.3 Å². The Hall–Kier alpha value is -0.830. The Morgan fingerprint density at radius 3 is 2.94 bits per heavy atom. The van der Waals surface area contributed by atoms with Crippen LogP contribution in [0.3, 0.4) is 0 Å². The minimum Gasteiger partial charge on any atom is -0.330 e. The van der Waals surface area contributed by atoms with Crippen molar-refractivity contribution in [3.05, 3.63) is 18.2 Å². The number of rotatable bonds is 2. The van der Waals surface area contributed by atoms with Crippen molar-refractivity contribution in [3.8, 4) is 0 Å². The molecule has 94 valence electrons. The number of piperidine rings is 1. The zero-order chi connectivity index (χ0) is 11.7. The molecule has 17 heavy (non-hydrogen) atoms. The van der Waals surface area contributed by atoms with Crippen LogP contribution >= 0.6 is 0 Å². The molecule has 0 bridgehead atoms. The lowest BCUT2D eigenvalue weighted by Crippen LogP contribution is -2.29. The highest BCUT2D eigenvalue weighted by Gasteiger charge is 2.26. The molecule has 3 atom stereocenters. The molecular weight excluding hydrogens is 210 g/mol. The Balaban J connectivity index is 1.78. The van der Waals surface area contributed by atoms with Crippen LogP contribution in [0, 0.1) is 5.92 Å². The molecule has 3 rings (SSSR count). The Bertz CT molecular complexity index is 346. The monoisotopic (exact) mass is 233 g/mol. The Morgan fingerprint density at radius 2 is 2.24 bits per heavy atom. The van der Waals surface area contributed by atoms with Crippen LogP contribution in [0.1, 0.15) is 63.2 Å². The molecule has 3 unspecified atom stereocenters. The first-order valence-corrected chi connectivity index (χ1v) is 7.09. The molecule has 3 nitrogen and oxygen atoms in total. The zero-order valence-electron chi connectivity index (χ0n) is 10.7. The van der Waals surface area contributed by atoms with Gasteiger partial charge in [-0.15, -0.1) is 0 Å². The van der Waals surface area contributed by atoms with Gasteiger partial charge in [-0.05, 0) is 44.6 Å². The Kier molecular flexibility index (Phi) is 3.19. The molecule has 0 radical (unpaired) electrons. The minimum atomic E-state index is 0.544. The second-order valence-electron chi connectivity index (χ2n) is 5.80.